The van der Waals surface area contributed by atoms with Gasteiger partial charge in [-0.25, -0.2) is 0 Å². The number of ether oxygens (including phenoxy) is 1. The SMILES string of the molecule is N=C(/C=C1\NNC(=S)N1c1ccccc1)N1CCOCC1. The summed E-state index contributed by atoms with van der Waals surface area (Å²) in [4.78, 5) is 3.87. The van der Waals surface area contributed by atoms with Crippen molar-refractivity contribution in [2.24, 2.45) is 0 Å². The largest absolute Gasteiger partial charge is 0.378 e. The first-order valence-corrected chi connectivity index (χ1v) is 7.20. The van der Waals surface area contributed by atoms with E-state index in [2.05, 4.69) is 10.9 Å². The minimum absolute atomic E-state index is 0.452. The van der Waals surface area contributed by atoms with E-state index in [4.69, 9.17) is 22.4 Å². The van der Waals surface area contributed by atoms with Gasteiger partial charge in [-0.2, -0.15) is 0 Å². The van der Waals surface area contributed by atoms with Gasteiger partial charge in [0.2, 0.25) is 0 Å². The number of anilines is 1. The molecular formula is C14H17N5OS. The van der Waals surface area contributed by atoms with Crippen LogP contribution in [0.5, 0.6) is 0 Å². The van der Waals surface area contributed by atoms with E-state index >= 15 is 0 Å². The lowest BCUT2D eigenvalue weighted by molar-refractivity contribution is 0.0681. The molecule has 0 saturated carbocycles. The molecule has 1 aromatic carbocycles. The maximum Gasteiger partial charge on any atom is 0.198 e. The second-order valence-corrected chi connectivity index (χ2v) is 5.13. The third-order valence-electron chi connectivity index (χ3n) is 3.38. The number of para-hydroxylation sites is 1. The number of hydrogen-bond acceptors (Lipinski definition) is 4. The van der Waals surface area contributed by atoms with Gasteiger partial charge >= 0.3 is 0 Å². The molecule has 6 nitrogen and oxygen atoms in total. The highest BCUT2D eigenvalue weighted by molar-refractivity contribution is 7.80. The molecule has 2 aliphatic rings. The monoisotopic (exact) mass is 303 g/mol. The Morgan fingerprint density at radius 1 is 1.19 bits per heavy atom. The van der Waals surface area contributed by atoms with Crippen molar-refractivity contribution in [2.75, 3.05) is 31.2 Å². The highest BCUT2D eigenvalue weighted by Crippen LogP contribution is 2.20. The van der Waals surface area contributed by atoms with Crippen LogP contribution in [0.1, 0.15) is 0 Å². The summed E-state index contributed by atoms with van der Waals surface area (Å²) in [5, 5.41) is 8.79. The molecule has 0 spiro atoms. The normalized spacial score (nSPS) is 20.4. The molecular weight excluding hydrogens is 286 g/mol. The molecule has 21 heavy (non-hydrogen) atoms. The summed E-state index contributed by atoms with van der Waals surface area (Å²) in [7, 11) is 0. The zero-order valence-corrected chi connectivity index (χ0v) is 12.3. The summed E-state index contributed by atoms with van der Waals surface area (Å²) in [6.07, 6.45) is 1.78. The molecule has 2 fully saturated rings. The van der Waals surface area contributed by atoms with Gasteiger partial charge < -0.3 is 9.64 Å². The van der Waals surface area contributed by atoms with Gasteiger partial charge in [-0.15, -0.1) is 0 Å². The van der Waals surface area contributed by atoms with Gasteiger partial charge in [0.25, 0.3) is 0 Å². The molecule has 0 bridgehead atoms. The summed E-state index contributed by atoms with van der Waals surface area (Å²) in [5.41, 5.74) is 6.91. The molecule has 0 atom stereocenters. The first-order chi connectivity index (χ1) is 10.3. The van der Waals surface area contributed by atoms with E-state index in [0.717, 1.165) is 24.6 Å². The van der Waals surface area contributed by atoms with Crippen LogP contribution in [0.25, 0.3) is 0 Å². The zero-order chi connectivity index (χ0) is 14.7. The minimum atomic E-state index is 0.452. The molecule has 7 heteroatoms. The fourth-order valence-electron chi connectivity index (χ4n) is 2.30. The number of benzene rings is 1. The molecule has 1 aromatic rings. The van der Waals surface area contributed by atoms with Crippen molar-refractivity contribution in [1.29, 1.82) is 5.41 Å². The standard InChI is InChI=1S/C14H17N5OS/c15-12(18-6-8-20-9-7-18)10-13-16-17-14(21)19(13)11-4-2-1-3-5-11/h1-5,10,15-16H,6-9H2,(H,17,21)/b13-10+,15-12?. The van der Waals surface area contributed by atoms with E-state index in [1.807, 2.05) is 40.1 Å². The quantitative estimate of drug-likeness (QED) is 0.431. The van der Waals surface area contributed by atoms with E-state index in [9.17, 15) is 0 Å². The average molecular weight is 303 g/mol. The Morgan fingerprint density at radius 2 is 1.90 bits per heavy atom. The van der Waals surface area contributed by atoms with Crippen LogP contribution in [0.15, 0.2) is 42.2 Å². The van der Waals surface area contributed by atoms with E-state index in [1.165, 1.54) is 0 Å². The molecule has 2 heterocycles. The summed E-state index contributed by atoms with van der Waals surface area (Å²) in [6.45, 7) is 2.81. The van der Waals surface area contributed by atoms with Crippen LogP contribution in [0.2, 0.25) is 0 Å². The fraction of sp³-hybridized carbons (Fsp3) is 0.286. The molecule has 2 aliphatic heterocycles. The van der Waals surface area contributed by atoms with Crippen LogP contribution in [-0.2, 0) is 4.74 Å². The number of amidine groups is 1. The molecule has 110 valence electrons. The third kappa shape index (κ3) is 2.98. The topological polar surface area (TPSA) is 63.6 Å². The smallest absolute Gasteiger partial charge is 0.198 e. The molecule has 3 N–H and O–H groups in total. The van der Waals surface area contributed by atoms with Crippen LogP contribution < -0.4 is 15.8 Å². The first kappa shape index (κ1) is 13.8. The fourth-order valence-corrected chi connectivity index (χ4v) is 2.55. The lowest BCUT2D eigenvalue weighted by Gasteiger charge is -2.28. The summed E-state index contributed by atoms with van der Waals surface area (Å²) in [5.74, 6) is 1.20. The maximum atomic E-state index is 8.22. The van der Waals surface area contributed by atoms with Gasteiger partial charge in [0.15, 0.2) is 5.11 Å². The van der Waals surface area contributed by atoms with Crippen molar-refractivity contribution in [3.8, 4) is 0 Å². The van der Waals surface area contributed by atoms with Crippen LogP contribution in [0.3, 0.4) is 0 Å². The Balaban J connectivity index is 1.81. The molecule has 2 saturated heterocycles. The second-order valence-electron chi connectivity index (χ2n) is 4.74. The van der Waals surface area contributed by atoms with E-state index < -0.39 is 0 Å². The Morgan fingerprint density at radius 3 is 2.62 bits per heavy atom. The minimum Gasteiger partial charge on any atom is -0.378 e. The van der Waals surface area contributed by atoms with Gasteiger partial charge in [-0.1, -0.05) is 18.2 Å². The van der Waals surface area contributed by atoms with Gasteiger partial charge in [0.05, 0.1) is 13.2 Å². The van der Waals surface area contributed by atoms with E-state index in [0.29, 0.717) is 24.2 Å². The molecule has 0 unspecified atom stereocenters. The number of thiocarbonyl (C=S) groups is 1. The van der Waals surface area contributed by atoms with Gasteiger partial charge in [0.1, 0.15) is 11.7 Å². The molecule has 0 aliphatic carbocycles. The number of hydrogen-bond donors (Lipinski definition) is 3. The Labute approximate surface area is 128 Å². The highest BCUT2D eigenvalue weighted by atomic mass is 32.1. The zero-order valence-electron chi connectivity index (χ0n) is 11.5. The van der Waals surface area contributed by atoms with Crippen molar-refractivity contribution < 1.29 is 4.74 Å². The molecule has 0 aromatic heterocycles. The number of nitrogens with one attached hydrogen (secondary N) is 3. The van der Waals surface area contributed by atoms with Crippen LogP contribution in [0.4, 0.5) is 5.69 Å². The van der Waals surface area contributed by atoms with Crippen molar-refractivity contribution in [3.05, 3.63) is 42.2 Å². The second kappa shape index (κ2) is 6.11. The number of morpholine rings is 1. The van der Waals surface area contributed by atoms with Crippen LogP contribution in [-0.4, -0.2) is 42.2 Å². The van der Waals surface area contributed by atoms with Gasteiger partial charge in [-0.05, 0) is 24.4 Å². The lowest BCUT2D eigenvalue weighted by atomic mass is 10.3. The average Bonchev–Trinajstić information content (AvgIpc) is 2.89. The lowest BCUT2D eigenvalue weighted by Crippen LogP contribution is -2.40. The van der Waals surface area contributed by atoms with Crippen LogP contribution in [0, 0.1) is 5.41 Å². The molecule has 3 rings (SSSR count). The van der Waals surface area contributed by atoms with Crippen molar-refractivity contribution in [1.82, 2.24) is 15.8 Å². The van der Waals surface area contributed by atoms with E-state index in [1.54, 1.807) is 6.08 Å². The van der Waals surface area contributed by atoms with E-state index in [-0.39, 0.29) is 0 Å². The first-order valence-electron chi connectivity index (χ1n) is 6.80. The summed E-state index contributed by atoms with van der Waals surface area (Å²) in [6, 6.07) is 9.84. The van der Waals surface area contributed by atoms with Gasteiger partial charge in [-0.3, -0.25) is 21.2 Å². The molecule has 0 amide bonds. The summed E-state index contributed by atoms with van der Waals surface area (Å²) < 4.78 is 5.31. The molecule has 0 radical (unpaired) electrons. The van der Waals surface area contributed by atoms with Crippen molar-refractivity contribution in [2.45, 2.75) is 0 Å². The Bertz CT molecular complexity index is 568. The number of nitrogens with zero attached hydrogens (tertiary/aromatic N) is 2. The van der Waals surface area contributed by atoms with Crippen molar-refractivity contribution >= 4 is 28.9 Å². The number of hydrazine groups is 1. The number of rotatable bonds is 2. The maximum absolute atomic E-state index is 8.22. The van der Waals surface area contributed by atoms with Gasteiger partial charge in [0, 0.05) is 24.9 Å². The Kier molecular flexibility index (Phi) is 4.03. The summed E-state index contributed by atoms with van der Waals surface area (Å²) >= 11 is 5.32. The predicted molar refractivity (Wildman–Crippen MR) is 86.0 cm³/mol. The van der Waals surface area contributed by atoms with Crippen LogP contribution >= 0.6 is 12.2 Å². The highest BCUT2D eigenvalue weighted by Gasteiger charge is 2.24. The van der Waals surface area contributed by atoms with Crippen molar-refractivity contribution in [3.63, 3.8) is 0 Å². The predicted octanol–water partition coefficient (Wildman–Crippen LogP) is 1.04. The third-order valence-corrected chi connectivity index (χ3v) is 3.67. The Hall–Kier alpha value is -2.12.